The van der Waals surface area contributed by atoms with E-state index in [1.165, 1.54) is 0 Å². The van der Waals surface area contributed by atoms with Crippen LogP contribution in [0.1, 0.15) is 20.3 Å². The lowest BCUT2D eigenvalue weighted by Crippen LogP contribution is -2.52. The summed E-state index contributed by atoms with van der Waals surface area (Å²) in [7, 11) is 0. The molecule has 1 aliphatic heterocycles. The lowest BCUT2D eigenvalue weighted by molar-refractivity contribution is -0.140. The van der Waals surface area contributed by atoms with Crippen molar-refractivity contribution >= 4 is 23.4 Å². The van der Waals surface area contributed by atoms with E-state index in [1.54, 1.807) is 29.2 Å². The molecule has 0 bridgehead atoms. The van der Waals surface area contributed by atoms with E-state index >= 15 is 0 Å². The highest BCUT2D eigenvalue weighted by Crippen LogP contribution is 2.15. The summed E-state index contributed by atoms with van der Waals surface area (Å²) in [6.07, 6.45) is 0.586. The van der Waals surface area contributed by atoms with Crippen LogP contribution in [0.2, 0.25) is 5.02 Å². The second-order valence-electron chi connectivity index (χ2n) is 6.43. The Labute approximate surface area is 153 Å². The molecule has 1 saturated heterocycles. The van der Waals surface area contributed by atoms with E-state index in [4.69, 9.17) is 21.1 Å². The first-order valence-electron chi connectivity index (χ1n) is 8.50. The largest absolute Gasteiger partial charge is 0.484 e. The molecule has 25 heavy (non-hydrogen) atoms. The van der Waals surface area contributed by atoms with Crippen LogP contribution in [-0.2, 0) is 14.3 Å². The van der Waals surface area contributed by atoms with E-state index < -0.39 is 6.04 Å². The molecule has 6 nitrogen and oxygen atoms in total. The lowest BCUT2D eigenvalue weighted by Gasteiger charge is -2.31. The highest BCUT2D eigenvalue weighted by molar-refractivity contribution is 6.30. The monoisotopic (exact) mass is 368 g/mol. The van der Waals surface area contributed by atoms with E-state index in [0.29, 0.717) is 43.5 Å². The molecule has 0 aromatic heterocycles. The smallest absolute Gasteiger partial charge is 0.258 e. The summed E-state index contributed by atoms with van der Waals surface area (Å²) >= 11 is 5.81. The van der Waals surface area contributed by atoms with Crippen molar-refractivity contribution in [2.24, 2.45) is 5.92 Å². The second kappa shape index (κ2) is 9.63. The molecule has 0 spiro atoms. The van der Waals surface area contributed by atoms with Gasteiger partial charge in [0.2, 0.25) is 5.91 Å². The number of rotatable bonds is 7. The maximum absolute atomic E-state index is 12.7. The van der Waals surface area contributed by atoms with Gasteiger partial charge in [0.05, 0.1) is 13.2 Å². The van der Waals surface area contributed by atoms with Crippen LogP contribution in [0.15, 0.2) is 24.3 Å². The number of hydrogen-bond donors (Lipinski definition) is 1. The molecule has 1 atom stereocenters. The number of ether oxygens (including phenoxy) is 2. The highest BCUT2D eigenvalue weighted by Gasteiger charge is 2.27. The molecule has 2 amide bonds. The number of halogens is 1. The molecule has 0 radical (unpaired) electrons. The fourth-order valence-corrected chi connectivity index (χ4v) is 2.74. The maximum Gasteiger partial charge on any atom is 0.258 e. The third kappa shape index (κ3) is 6.55. The SMILES string of the molecule is CC(C)C[C@@H](NC(=O)COc1ccc(Cl)cc1)C(=O)N1CCOCC1. The van der Waals surface area contributed by atoms with Crippen molar-refractivity contribution in [3.8, 4) is 5.75 Å². The number of nitrogens with one attached hydrogen (secondary N) is 1. The van der Waals surface area contributed by atoms with Crippen LogP contribution in [0, 0.1) is 5.92 Å². The summed E-state index contributed by atoms with van der Waals surface area (Å²) in [5.41, 5.74) is 0. The molecule has 0 saturated carbocycles. The van der Waals surface area contributed by atoms with E-state index in [2.05, 4.69) is 5.32 Å². The maximum atomic E-state index is 12.7. The van der Waals surface area contributed by atoms with Crippen LogP contribution in [-0.4, -0.2) is 55.7 Å². The van der Waals surface area contributed by atoms with E-state index in [-0.39, 0.29) is 24.3 Å². The van der Waals surface area contributed by atoms with Crippen LogP contribution >= 0.6 is 11.6 Å². The zero-order valence-corrected chi connectivity index (χ0v) is 15.4. The standard InChI is InChI=1S/C18H25ClN2O4/c1-13(2)11-16(18(23)21-7-9-24-10-8-21)20-17(22)12-25-15-5-3-14(19)4-6-15/h3-6,13,16H,7-12H2,1-2H3,(H,20,22)/t16-/m1/s1. The van der Waals surface area contributed by atoms with Gasteiger partial charge in [0, 0.05) is 18.1 Å². The van der Waals surface area contributed by atoms with Gasteiger partial charge in [-0.05, 0) is 36.6 Å². The van der Waals surface area contributed by atoms with Crippen molar-refractivity contribution in [3.05, 3.63) is 29.3 Å². The third-order valence-electron chi connectivity index (χ3n) is 3.85. The Kier molecular flexibility index (Phi) is 7.52. The Balaban J connectivity index is 1.89. The summed E-state index contributed by atoms with van der Waals surface area (Å²) in [5.74, 6) is 0.464. The number of amides is 2. The van der Waals surface area contributed by atoms with Gasteiger partial charge in [-0.3, -0.25) is 9.59 Å². The molecule has 1 aromatic carbocycles. The summed E-state index contributed by atoms with van der Waals surface area (Å²) in [5, 5.41) is 3.41. The Morgan fingerprint density at radius 2 is 1.88 bits per heavy atom. The van der Waals surface area contributed by atoms with Crippen molar-refractivity contribution in [3.63, 3.8) is 0 Å². The minimum absolute atomic E-state index is 0.0585. The predicted octanol–water partition coefficient (Wildman–Crippen LogP) is 2.11. The molecule has 0 unspecified atom stereocenters. The van der Waals surface area contributed by atoms with Crippen molar-refractivity contribution in [1.82, 2.24) is 10.2 Å². The van der Waals surface area contributed by atoms with Gasteiger partial charge in [-0.1, -0.05) is 25.4 Å². The molecule has 1 aliphatic rings. The zero-order chi connectivity index (χ0) is 18.2. The Bertz CT molecular complexity index is 571. The van der Waals surface area contributed by atoms with Crippen LogP contribution in [0.4, 0.5) is 0 Å². The first kappa shape index (κ1) is 19.5. The summed E-state index contributed by atoms with van der Waals surface area (Å²) in [6.45, 7) is 6.09. The number of benzene rings is 1. The molecule has 1 fully saturated rings. The first-order chi connectivity index (χ1) is 12.0. The van der Waals surface area contributed by atoms with E-state index in [1.807, 2.05) is 13.8 Å². The molecule has 2 rings (SSSR count). The summed E-state index contributed by atoms with van der Waals surface area (Å²) in [6, 6.07) is 6.23. The number of nitrogens with zero attached hydrogens (tertiary/aromatic N) is 1. The number of carbonyl (C=O) groups is 2. The fourth-order valence-electron chi connectivity index (χ4n) is 2.61. The summed E-state index contributed by atoms with van der Waals surface area (Å²) in [4.78, 5) is 26.6. The molecular weight excluding hydrogens is 344 g/mol. The van der Waals surface area contributed by atoms with Crippen LogP contribution < -0.4 is 10.1 Å². The minimum atomic E-state index is -0.542. The molecule has 1 aromatic rings. The molecule has 1 N–H and O–H groups in total. The van der Waals surface area contributed by atoms with Gasteiger partial charge >= 0.3 is 0 Å². The van der Waals surface area contributed by atoms with E-state index in [0.717, 1.165) is 0 Å². The number of carbonyl (C=O) groups excluding carboxylic acids is 2. The molecule has 1 heterocycles. The molecule has 0 aliphatic carbocycles. The van der Waals surface area contributed by atoms with Crippen molar-refractivity contribution in [2.45, 2.75) is 26.3 Å². The van der Waals surface area contributed by atoms with Crippen LogP contribution in [0.25, 0.3) is 0 Å². The highest BCUT2D eigenvalue weighted by atomic mass is 35.5. The molecule has 7 heteroatoms. The molecule has 138 valence electrons. The van der Waals surface area contributed by atoms with Gasteiger partial charge < -0.3 is 19.7 Å². The fraction of sp³-hybridized carbons (Fsp3) is 0.556. The van der Waals surface area contributed by atoms with E-state index in [9.17, 15) is 9.59 Å². The topological polar surface area (TPSA) is 67.9 Å². The number of morpholine rings is 1. The second-order valence-corrected chi connectivity index (χ2v) is 6.87. The normalized spacial score (nSPS) is 15.8. The average molecular weight is 369 g/mol. The Morgan fingerprint density at radius 3 is 2.48 bits per heavy atom. The van der Waals surface area contributed by atoms with Crippen LogP contribution in [0.3, 0.4) is 0 Å². The molecular formula is C18H25ClN2O4. The lowest BCUT2D eigenvalue weighted by atomic mass is 10.0. The van der Waals surface area contributed by atoms with Gasteiger partial charge in [-0.2, -0.15) is 0 Å². The van der Waals surface area contributed by atoms with Gasteiger partial charge in [0.1, 0.15) is 11.8 Å². The van der Waals surface area contributed by atoms with Gasteiger partial charge in [0.25, 0.3) is 5.91 Å². The number of hydrogen-bond acceptors (Lipinski definition) is 4. The summed E-state index contributed by atoms with van der Waals surface area (Å²) < 4.78 is 10.7. The van der Waals surface area contributed by atoms with Gasteiger partial charge in [0.15, 0.2) is 6.61 Å². The predicted molar refractivity (Wildman–Crippen MR) is 95.7 cm³/mol. The zero-order valence-electron chi connectivity index (χ0n) is 14.7. The van der Waals surface area contributed by atoms with Crippen LogP contribution in [0.5, 0.6) is 5.75 Å². The van der Waals surface area contributed by atoms with Gasteiger partial charge in [-0.15, -0.1) is 0 Å². The van der Waals surface area contributed by atoms with Crippen molar-refractivity contribution in [1.29, 1.82) is 0 Å². The average Bonchev–Trinajstić information content (AvgIpc) is 2.60. The minimum Gasteiger partial charge on any atom is -0.484 e. The van der Waals surface area contributed by atoms with Gasteiger partial charge in [-0.25, -0.2) is 0 Å². The van der Waals surface area contributed by atoms with Crippen molar-refractivity contribution in [2.75, 3.05) is 32.9 Å². The third-order valence-corrected chi connectivity index (χ3v) is 4.10. The quantitative estimate of drug-likeness (QED) is 0.800. The van der Waals surface area contributed by atoms with Crippen molar-refractivity contribution < 1.29 is 19.1 Å². The Morgan fingerprint density at radius 1 is 1.24 bits per heavy atom. The Hall–Kier alpha value is -1.79. The first-order valence-corrected chi connectivity index (χ1v) is 8.87.